The van der Waals surface area contributed by atoms with Crippen LogP contribution in [0.4, 0.5) is 14.5 Å². The Balaban J connectivity index is 2.02. The molecule has 16 heavy (non-hydrogen) atoms. The molecular weight excluding hydrogens is 216 g/mol. The van der Waals surface area contributed by atoms with Gasteiger partial charge in [-0.3, -0.25) is 0 Å². The van der Waals surface area contributed by atoms with Crippen LogP contribution < -0.4 is 10.5 Å². The smallest absolute Gasteiger partial charge is 0.152 e. The van der Waals surface area contributed by atoms with E-state index in [1.807, 2.05) is 0 Å². The lowest BCUT2D eigenvalue weighted by molar-refractivity contribution is 0.167. The third-order valence-corrected chi connectivity index (χ3v) is 2.55. The number of anilines is 1. The number of nitrogen functional groups attached to an aromatic ring is 1. The van der Waals surface area contributed by atoms with E-state index >= 15 is 0 Å². The number of hydrogen-bond acceptors (Lipinski definition) is 3. The van der Waals surface area contributed by atoms with Gasteiger partial charge in [-0.15, -0.1) is 0 Å². The lowest BCUT2D eigenvalue weighted by Crippen LogP contribution is -2.13. The zero-order valence-corrected chi connectivity index (χ0v) is 8.71. The summed E-state index contributed by atoms with van der Waals surface area (Å²) in [5.74, 6) is -1.16. The van der Waals surface area contributed by atoms with Crippen LogP contribution in [0.3, 0.4) is 0 Å². The maximum absolute atomic E-state index is 13.1. The summed E-state index contributed by atoms with van der Waals surface area (Å²) in [6.45, 7) is 1.70. The lowest BCUT2D eigenvalue weighted by atomic mass is 10.1. The van der Waals surface area contributed by atoms with Gasteiger partial charge in [0, 0.05) is 24.7 Å². The predicted molar refractivity (Wildman–Crippen MR) is 55.2 cm³/mol. The van der Waals surface area contributed by atoms with Crippen LogP contribution in [-0.2, 0) is 4.74 Å². The molecule has 1 aromatic rings. The first-order valence-electron chi connectivity index (χ1n) is 5.12. The van der Waals surface area contributed by atoms with E-state index in [0.717, 1.165) is 18.6 Å². The fraction of sp³-hybridized carbons (Fsp3) is 0.455. The molecule has 1 fully saturated rings. The van der Waals surface area contributed by atoms with E-state index in [0.29, 0.717) is 19.8 Å². The van der Waals surface area contributed by atoms with Crippen molar-refractivity contribution in [3.8, 4) is 5.75 Å². The summed E-state index contributed by atoms with van der Waals surface area (Å²) >= 11 is 0. The molecule has 88 valence electrons. The van der Waals surface area contributed by atoms with Crippen molar-refractivity contribution in [2.75, 3.05) is 25.6 Å². The van der Waals surface area contributed by atoms with Gasteiger partial charge in [0.25, 0.3) is 0 Å². The molecule has 1 aromatic carbocycles. The third-order valence-electron chi connectivity index (χ3n) is 2.55. The number of rotatable bonds is 3. The highest BCUT2D eigenvalue weighted by atomic mass is 19.1. The molecule has 0 spiro atoms. The van der Waals surface area contributed by atoms with Crippen molar-refractivity contribution in [1.29, 1.82) is 0 Å². The van der Waals surface area contributed by atoms with Gasteiger partial charge in [0.2, 0.25) is 0 Å². The van der Waals surface area contributed by atoms with Gasteiger partial charge in [-0.1, -0.05) is 0 Å². The third kappa shape index (κ3) is 2.41. The van der Waals surface area contributed by atoms with E-state index in [2.05, 4.69) is 0 Å². The number of benzene rings is 1. The largest absolute Gasteiger partial charge is 0.491 e. The van der Waals surface area contributed by atoms with Crippen molar-refractivity contribution in [1.82, 2.24) is 0 Å². The Morgan fingerprint density at radius 3 is 2.94 bits per heavy atom. The highest BCUT2D eigenvalue weighted by molar-refractivity contribution is 5.53. The van der Waals surface area contributed by atoms with Crippen molar-refractivity contribution >= 4 is 5.69 Å². The summed E-state index contributed by atoms with van der Waals surface area (Å²) in [4.78, 5) is 0. The Hall–Kier alpha value is -1.36. The molecule has 0 amide bonds. The van der Waals surface area contributed by atoms with Crippen molar-refractivity contribution in [3.05, 3.63) is 23.8 Å². The van der Waals surface area contributed by atoms with Crippen LogP contribution in [-0.4, -0.2) is 19.8 Å². The minimum Gasteiger partial charge on any atom is -0.491 e. The fourth-order valence-corrected chi connectivity index (χ4v) is 1.60. The van der Waals surface area contributed by atoms with Crippen molar-refractivity contribution in [2.24, 2.45) is 5.92 Å². The summed E-state index contributed by atoms with van der Waals surface area (Å²) < 4.78 is 36.4. The second kappa shape index (κ2) is 4.65. The van der Waals surface area contributed by atoms with E-state index in [4.69, 9.17) is 15.2 Å². The summed E-state index contributed by atoms with van der Waals surface area (Å²) in [6.07, 6.45) is 0.900. The number of nitrogens with two attached hydrogens (primary N) is 1. The molecule has 2 rings (SSSR count). The molecule has 1 unspecified atom stereocenters. The van der Waals surface area contributed by atoms with E-state index in [1.165, 1.54) is 0 Å². The average molecular weight is 229 g/mol. The monoisotopic (exact) mass is 229 g/mol. The van der Waals surface area contributed by atoms with Crippen molar-refractivity contribution < 1.29 is 18.3 Å². The molecule has 3 nitrogen and oxygen atoms in total. The van der Waals surface area contributed by atoms with Crippen LogP contribution in [0.5, 0.6) is 5.75 Å². The molecule has 0 aliphatic carbocycles. The molecule has 0 aromatic heterocycles. The standard InChI is InChI=1S/C11H13F2NO2/c12-8-3-9(13)11(14)10(4-8)16-6-7-1-2-15-5-7/h3-4,7H,1-2,5-6,14H2. The fourth-order valence-electron chi connectivity index (χ4n) is 1.60. The van der Waals surface area contributed by atoms with Gasteiger partial charge in [-0.05, 0) is 6.42 Å². The Bertz CT molecular complexity index is 378. The average Bonchev–Trinajstić information content (AvgIpc) is 2.74. The molecule has 5 heteroatoms. The molecule has 1 aliphatic rings. The Morgan fingerprint density at radius 1 is 1.44 bits per heavy atom. The maximum atomic E-state index is 13.1. The summed E-state index contributed by atoms with van der Waals surface area (Å²) in [5, 5.41) is 0. The molecule has 1 saturated heterocycles. The van der Waals surface area contributed by atoms with E-state index in [9.17, 15) is 8.78 Å². The molecule has 0 radical (unpaired) electrons. The van der Waals surface area contributed by atoms with Crippen molar-refractivity contribution in [3.63, 3.8) is 0 Å². The van der Waals surface area contributed by atoms with Crippen LogP contribution in [0.1, 0.15) is 6.42 Å². The summed E-state index contributed by atoms with van der Waals surface area (Å²) in [6, 6.07) is 1.83. The van der Waals surface area contributed by atoms with Gasteiger partial charge in [-0.2, -0.15) is 0 Å². The summed E-state index contributed by atoms with van der Waals surface area (Å²) in [5.41, 5.74) is 5.29. The second-order valence-electron chi connectivity index (χ2n) is 3.84. The number of ether oxygens (including phenoxy) is 2. The van der Waals surface area contributed by atoms with Crippen LogP contribution in [0.2, 0.25) is 0 Å². The van der Waals surface area contributed by atoms with Gasteiger partial charge >= 0.3 is 0 Å². The first kappa shape index (κ1) is 11.1. The number of hydrogen-bond donors (Lipinski definition) is 1. The van der Waals surface area contributed by atoms with Gasteiger partial charge in [0.05, 0.1) is 13.2 Å². The zero-order valence-electron chi connectivity index (χ0n) is 8.71. The molecule has 1 aliphatic heterocycles. The minimum absolute atomic E-state index is 0.0596. The van der Waals surface area contributed by atoms with Crippen LogP contribution in [0, 0.1) is 17.6 Å². The minimum atomic E-state index is -0.794. The van der Waals surface area contributed by atoms with Gasteiger partial charge in [0.15, 0.2) is 5.82 Å². The molecule has 0 saturated carbocycles. The molecule has 2 N–H and O–H groups in total. The zero-order chi connectivity index (χ0) is 11.5. The number of halogens is 2. The normalized spacial score (nSPS) is 20.0. The van der Waals surface area contributed by atoms with Crippen molar-refractivity contribution in [2.45, 2.75) is 6.42 Å². The van der Waals surface area contributed by atoms with Crippen LogP contribution >= 0.6 is 0 Å². The van der Waals surface area contributed by atoms with Gasteiger partial charge < -0.3 is 15.2 Å². The SMILES string of the molecule is Nc1c(F)cc(F)cc1OCC1CCOC1. The summed E-state index contributed by atoms with van der Waals surface area (Å²) in [7, 11) is 0. The highest BCUT2D eigenvalue weighted by Gasteiger charge is 2.17. The molecule has 1 atom stereocenters. The van der Waals surface area contributed by atoms with Gasteiger partial charge in [0.1, 0.15) is 17.3 Å². The molecular formula is C11H13F2NO2. The Morgan fingerprint density at radius 2 is 2.25 bits per heavy atom. The second-order valence-corrected chi connectivity index (χ2v) is 3.84. The first-order chi connectivity index (χ1) is 7.66. The van der Waals surface area contributed by atoms with E-state index in [-0.39, 0.29) is 17.4 Å². The molecule has 1 heterocycles. The highest BCUT2D eigenvalue weighted by Crippen LogP contribution is 2.26. The first-order valence-corrected chi connectivity index (χ1v) is 5.12. The quantitative estimate of drug-likeness (QED) is 0.806. The van der Waals surface area contributed by atoms with E-state index in [1.54, 1.807) is 0 Å². The lowest BCUT2D eigenvalue weighted by Gasteiger charge is -2.12. The van der Waals surface area contributed by atoms with Crippen LogP contribution in [0.25, 0.3) is 0 Å². The van der Waals surface area contributed by atoms with Gasteiger partial charge in [-0.25, -0.2) is 8.78 Å². The predicted octanol–water partition coefficient (Wildman–Crippen LogP) is 1.96. The molecule has 0 bridgehead atoms. The Labute approximate surface area is 92.1 Å². The topological polar surface area (TPSA) is 44.5 Å². The van der Waals surface area contributed by atoms with Crippen LogP contribution in [0.15, 0.2) is 12.1 Å². The van der Waals surface area contributed by atoms with E-state index < -0.39 is 11.6 Å². The maximum Gasteiger partial charge on any atom is 0.152 e. The Kier molecular flexibility index (Phi) is 3.24.